The summed E-state index contributed by atoms with van der Waals surface area (Å²) in [6, 6.07) is 5.75. The maximum Gasteiger partial charge on any atom is 0.123 e. The highest BCUT2D eigenvalue weighted by Crippen LogP contribution is 2.27. The van der Waals surface area contributed by atoms with Crippen LogP contribution in [0.4, 0.5) is 4.39 Å². The predicted molar refractivity (Wildman–Crippen MR) is 61.4 cm³/mol. The zero-order valence-corrected chi connectivity index (χ0v) is 10.1. The molecular formula is C11H10BrFN2O. The fraction of sp³-hybridized carbons (Fsp3) is 0.182. The smallest absolute Gasteiger partial charge is 0.123 e. The van der Waals surface area contributed by atoms with Gasteiger partial charge < -0.3 is 5.11 Å². The van der Waals surface area contributed by atoms with E-state index in [-0.39, 0.29) is 5.82 Å². The summed E-state index contributed by atoms with van der Waals surface area (Å²) in [6.45, 7) is 0. The van der Waals surface area contributed by atoms with Crippen molar-refractivity contribution in [1.82, 2.24) is 9.78 Å². The van der Waals surface area contributed by atoms with Gasteiger partial charge in [-0.1, -0.05) is 12.1 Å². The number of aliphatic hydroxyl groups is 1. The van der Waals surface area contributed by atoms with Crippen molar-refractivity contribution < 1.29 is 9.50 Å². The Morgan fingerprint density at radius 2 is 2.00 bits per heavy atom. The van der Waals surface area contributed by atoms with E-state index in [9.17, 15) is 9.50 Å². The Hall–Kier alpha value is -1.20. The molecule has 3 nitrogen and oxygen atoms in total. The summed E-state index contributed by atoms with van der Waals surface area (Å²) >= 11 is 3.31. The van der Waals surface area contributed by atoms with Crippen molar-refractivity contribution in [2.24, 2.45) is 7.05 Å². The van der Waals surface area contributed by atoms with E-state index < -0.39 is 6.10 Å². The molecule has 0 fully saturated rings. The third kappa shape index (κ3) is 2.01. The molecule has 2 aromatic rings. The molecule has 0 aliphatic carbocycles. The van der Waals surface area contributed by atoms with Gasteiger partial charge >= 0.3 is 0 Å². The molecule has 1 aromatic heterocycles. The molecular weight excluding hydrogens is 275 g/mol. The summed E-state index contributed by atoms with van der Waals surface area (Å²) in [5.74, 6) is -0.319. The molecule has 0 saturated carbocycles. The Morgan fingerprint density at radius 1 is 1.38 bits per heavy atom. The Bertz CT molecular complexity index is 476. The van der Waals surface area contributed by atoms with Crippen LogP contribution in [-0.2, 0) is 7.05 Å². The summed E-state index contributed by atoms with van der Waals surface area (Å²) in [5.41, 5.74) is 1.28. The lowest BCUT2D eigenvalue weighted by atomic mass is 10.1. The van der Waals surface area contributed by atoms with E-state index >= 15 is 0 Å². The Morgan fingerprint density at radius 3 is 2.50 bits per heavy atom. The molecule has 0 amide bonds. The van der Waals surface area contributed by atoms with Gasteiger partial charge in [-0.2, -0.15) is 5.10 Å². The van der Waals surface area contributed by atoms with Crippen LogP contribution >= 0.6 is 15.9 Å². The standard InChI is InChI=1S/C11H10BrFN2O/c1-15-10(9(12)6-14-15)11(16)7-2-4-8(13)5-3-7/h2-6,11,16H,1H3. The second-order valence-electron chi connectivity index (χ2n) is 3.46. The van der Waals surface area contributed by atoms with E-state index in [0.717, 1.165) is 4.47 Å². The second kappa shape index (κ2) is 4.35. The van der Waals surface area contributed by atoms with E-state index in [0.29, 0.717) is 11.3 Å². The molecule has 16 heavy (non-hydrogen) atoms. The molecule has 2 rings (SSSR count). The van der Waals surface area contributed by atoms with Crippen molar-refractivity contribution in [3.63, 3.8) is 0 Å². The molecule has 0 aliphatic rings. The lowest BCUT2D eigenvalue weighted by Gasteiger charge is -2.12. The van der Waals surface area contributed by atoms with Gasteiger partial charge in [-0.25, -0.2) is 4.39 Å². The van der Waals surface area contributed by atoms with Gasteiger partial charge in [0.2, 0.25) is 0 Å². The molecule has 1 atom stereocenters. The third-order valence-electron chi connectivity index (χ3n) is 2.38. The van der Waals surface area contributed by atoms with Crippen LogP contribution in [0, 0.1) is 5.82 Å². The summed E-state index contributed by atoms with van der Waals surface area (Å²) in [7, 11) is 1.74. The van der Waals surface area contributed by atoms with Crippen LogP contribution in [0.5, 0.6) is 0 Å². The van der Waals surface area contributed by atoms with Gasteiger partial charge in [-0.3, -0.25) is 4.68 Å². The number of halogens is 2. The Kier molecular flexibility index (Phi) is 3.07. The first-order valence-electron chi connectivity index (χ1n) is 4.70. The minimum absolute atomic E-state index is 0.319. The SMILES string of the molecule is Cn1ncc(Br)c1C(O)c1ccc(F)cc1. The first-order valence-corrected chi connectivity index (χ1v) is 5.50. The second-order valence-corrected chi connectivity index (χ2v) is 4.31. The molecule has 0 spiro atoms. The van der Waals surface area contributed by atoms with E-state index in [4.69, 9.17) is 0 Å². The van der Waals surface area contributed by atoms with E-state index in [2.05, 4.69) is 21.0 Å². The summed E-state index contributed by atoms with van der Waals surface area (Å²) in [4.78, 5) is 0. The maximum absolute atomic E-state index is 12.7. The summed E-state index contributed by atoms with van der Waals surface area (Å²) in [5, 5.41) is 14.1. The molecule has 0 aliphatic heterocycles. The van der Waals surface area contributed by atoms with Crippen molar-refractivity contribution in [2.75, 3.05) is 0 Å². The highest BCUT2D eigenvalue weighted by Gasteiger charge is 2.17. The van der Waals surface area contributed by atoms with Crippen LogP contribution in [0.1, 0.15) is 17.4 Å². The van der Waals surface area contributed by atoms with Gasteiger partial charge in [0.15, 0.2) is 0 Å². The molecule has 0 radical (unpaired) electrons. The van der Waals surface area contributed by atoms with E-state index in [1.54, 1.807) is 30.1 Å². The normalized spacial score (nSPS) is 12.8. The number of aliphatic hydroxyl groups excluding tert-OH is 1. The number of hydrogen-bond acceptors (Lipinski definition) is 2. The first kappa shape index (κ1) is 11.3. The average molecular weight is 285 g/mol. The monoisotopic (exact) mass is 284 g/mol. The molecule has 0 bridgehead atoms. The number of benzene rings is 1. The lowest BCUT2D eigenvalue weighted by molar-refractivity contribution is 0.209. The number of rotatable bonds is 2. The van der Waals surface area contributed by atoms with Gasteiger partial charge in [0, 0.05) is 7.05 Å². The van der Waals surface area contributed by atoms with Crippen molar-refractivity contribution in [1.29, 1.82) is 0 Å². The highest BCUT2D eigenvalue weighted by atomic mass is 79.9. The average Bonchev–Trinajstić information content (AvgIpc) is 2.59. The minimum atomic E-state index is -0.817. The topological polar surface area (TPSA) is 38.0 Å². The number of aromatic nitrogens is 2. The third-order valence-corrected chi connectivity index (χ3v) is 2.99. The van der Waals surface area contributed by atoms with Crippen LogP contribution in [-0.4, -0.2) is 14.9 Å². The van der Waals surface area contributed by atoms with E-state index in [1.807, 2.05) is 0 Å². The quantitative estimate of drug-likeness (QED) is 0.920. The molecule has 1 N–H and O–H groups in total. The molecule has 5 heteroatoms. The number of nitrogens with zero attached hydrogens (tertiary/aromatic N) is 2. The van der Waals surface area contributed by atoms with Gasteiger partial charge in [0.1, 0.15) is 11.9 Å². The zero-order valence-electron chi connectivity index (χ0n) is 8.56. The fourth-order valence-corrected chi connectivity index (χ4v) is 2.10. The van der Waals surface area contributed by atoms with Crippen LogP contribution in [0.3, 0.4) is 0 Å². The lowest BCUT2D eigenvalue weighted by Crippen LogP contribution is -2.07. The van der Waals surface area contributed by atoms with E-state index in [1.165, 1.54) is 12.1 Å². The number of aryl methyl sites for hydroxylation is 1. The molecule has 1 heterocycles. The van der Waals surface area contributed by atoms with Crippen LogP contribution in [0.25, 0.3) is 0 Å². The van der Waals surface area contributed by atoms with Crippen LogP contribution < -0.4 is 0 Å². The fourth-order valence-electron chi connectivity index (χ4n) is 1.53. The summed E-state index contributed by atoms with van der Waals surface area (Å²) in [6.07, 6.45) is 0.796. The van der Waals surface area contributed by atoms with Gasteiger partial charge in [-0.15, -0.1) is 0 Å². The minimum Gasteiger partial charge on any atom is -0.382 e. The number of hydrogen-bond donors (Lipinski definition) is 1. The molecule has 84 valence electrons. The maximum atomic E-state index is 12.7. The zero-order chi connectivity index (χ0) is 11.7. The van der Waals surface area contributed by atoms with Crippen molar-refractivity contribution in [3.05, 3.63) is 52.0 Å². The first-order chi connectivity index (χ1) is 7.59. The van der Waals surface area contributed by atoms with Crippen molar-refractivity contribution in [3.8, 4) is 0 Å². The van der Waals surface area contributed by atoms with Gasteiger partial charge in [0.05, 0.1) is 16.4 Å². The largest absolute Gasteiger partial charge is 0.382 e. The van der Waals surface area contributed by atoms with Crippen molar-refractivity contribution in [2.45, 2.75) is 6.10 Å². The predicted octanol–water partition coefficient (Wildman–Crippen LogP) is 2.40. The molecule has 0 saturated heterocycles. The Balaban J connectivity index is 2.39. The van der Waals surface area contributed by atoms with Gasteiger partial charge in [0.25, 0.3) is 0 Å². The van der Waals surface area contributed by atoms with Gasteiger partial charge in [-0.05, 0) is 33.6 Å². The Labute approximate surface area is 101 Å². The van der Waals surface area contributed by atoms with Crippen LogP contribution in [0.15, 0.2) is 34.9 Å². The summed E-state index contributed by atoms with van der Waals surface area (Å²) < 4.78 is 15.1. The molecule has 1 aromatic carbocycles. The molecule has 1 unspecified atom stereocenters. The highest BCUT2D eigenvalue weighted by molar-refractivity contribution is 9.10. The van der Waals surface area contributed by atoms with Crippen LogP contribution in [0.2, 0.25) is 0 Å². The van der Waals surface area contributed by atoms with Crippen molar-refractivity contribution >= 4 is 15.9 Å².